The first-order valence-corrected chi connectivity index (χ1v) is 6.13. The van der Waals surface area contributed by atoms with Crippen LogP contribution < -0.4 is 10.1 Å². The van der Waals surface area contributed by atoms with Crippen molar-refractivity contribution in [3.8, 4) is 5.75 Å². The summed E-state index contributed by atoms with van der Waals surface area (Å²) in [5.41, 5.74) is 0.852. The molecule has 6 heteroatoms. The molecule has 0 saturated heterocycles. The number of carbonyl (C=O) groups is 2. The van der Waals surface area contributed by atoms with Crippen LogP contribution in [0.25, 0.3) is 0 Å². The van der Waals surface area contributed by atoms with Crippen LogP contribution in [-0.4, -0.2) is 44.0 Å². The number of nitrogens with one attached hydrogen (secondary N) is 1. The number of aryl methyl sites for hydroxylation is 1. The Hall–Kier alpha value is -1.75. The van der Waals surface area contributed by atoms with E-state index in [0.717, 1.165) is 5.56 Å². The van der Waals surface area contributed by atoms with Crippen LogP contribution in [0, 0.1) is 6.92 Å². The molecule has 1 N–H and O–H groups in total. The SMILES string of the molecule is Cc1cc(Cl)ccc1OCC(=O)NCC(=O)N(C)C. The lowest BCUT2D eigenvalue weighted by atomic mass is 10.2. The first-order chi connectivity index (χ1) is 8.90. The Morgan fingerprint density at radius 2 is 2.05 bits per heavy atom. The van der Waals surface area contributed by atoms with E-state index in [2.05, 4.69) is 5.32 Å². The minimum Gasteiger partial charge on any atom is -0.484 e. The first kappa shape index (κ1) is 15.3. The number of amides is 2. The van der Waals surface area contributed by atoms with E-state index in [0.29, 0.717) is 10.8 Å². The van der Waals surface area contributed by atoms with Crippen molar-refractivity contribution in [2.45, 2.75) is 6.92 Å². The fourth-order valence-electron chi connectivity index (χ4n) is 1.30. The van der Waals surface area contributed by atoms with Crippen molar-refractivity contribution < 1.29 is 14.3 Å². The number of likely N-dealkylation sites (N-methyl/N-ethyl adjacent to an activating group) is 1. The fraction of sp³-hybridized carbons (Fsp3) is 0.385. The maximum absolute atomic E-state index is 11.5. The van der Waals surface area contributed by atoms with Crippen molar-refractivity contribution in [3.05, 3.63) is 28.8 Å². The zero-order valence-corrected chi connectivity index (χ0v) is 12.0. The summed E-state index contributed by atoms with van der Waals surface area (Å²) in [6.07, 6.45) is 0. The van der Waals surface area contributed by atoms with Gasteiger partial charge in [-0.05, 0) is 30.7 Å². The van der Waals surface area contributed by atoms with Gasteiger partial charge >= 0.3 is 0 Å². The van der Waals surface area contributed by atoms with E-state index in [4.69, 9.17) is 16.3 Å². The molecule has 1 rings (SSSR count). The Kier molecular flexibility index (Phi) is 5.63. The monoisotopic (exact) mass is 284 g/mol. The molecule has 0 unspecified atom stereocenters. The van der Waals surface area contributed by atoms with Crippen molar-refractivity contribution in [2.24, 2.45) is 0 Å². The molecular formula is C13H17ClN2O3. The van der Waals surface area contributed by atoms with Gasteiger partial charge in [0.2, 0.25) is 5.91 Å². The summed E-state index contributed by atoms with van der Waals surface area (Å²) in [6, 6.07) is 5.15. The summed E-state index contributed by atoms with van der Waals surface area (Å²) in [7, 11) is 3.25. The number of hydrogen-bond acceptors (Lipinski definition) is 3. The smallest absolute Gasteiger partial charge is 0.258 e. The average Bonchev–Trinajstić information content (AvgIpc) is 2.34. The van der Waals surface area contributed by atoms with Gasteiger partial charge in [0.1, 0.15) is 5.75 Å². The quantitative estimate of drug-likeness (QED) is 0.885. The molecule has 0 aliphatic carbocycles. The van der Waals surface area contributed by atoms with E-state index in [9.17, 15) is 9.59 Å². The Labute approximate surface area is 117 Å². The topological polar surface area (TPSA) is 58.6 Å². The third-order valence-corrected chi connectivity index (χ3v) is 2.67. The van der Waals surface area contributed by atoms with Crippen LogP contribution in [0.2, 0.25) is 5.02 Å². The number of nitrogens with zero attached hydrogens (tertiary/aromatic N) is 1. The van der Waals surface area contributed by atoms with Crippen LogP contribution >= 0.6 is 11.6 Å². The molecule has 1 aromatic rings. The van der Waals surface area contributed by atoms with Gasteiger partial charge in [0.25, 0.3) is 5.91 Å². The molecule has 1 aromatic carbocycles. The normalized spacial score (nSPS) is 9.89. The summed E-state index contributed by atoms with van der Waals surface area (Å²) < 4.78 is 5.35. The van der Waals surface area contributed by atoms with E-state index in [1.807, 2.05) is 6.92 Å². The molecule has 0 aromatic heterocycles. The van der Waals surface area contributed by atoms with E-state index in [1.54, 1.807) is 32.3 Å². The third kappa shape index (κ3) is 5.18. The number of ether oxygens (including phenoxy) is 1. The Balaban J connectivity index is 2.40. The summed E-state index contributed by atoms with van der Waals surface area (Å²) in [5.74, 6) is 0.0825. The van der Waals surface area contributed by atoms with Crippen molar-refractivity contribution in [1.29, 1.82) is 0 Å². The van der Waals surface area contributed by atoms with Crippen LogP contribution in [0.15, 0.2) is 18.2 Å². The van der Waals surface area contributed by atoms with Crippen molar-refractivity contribution >= 4 is 23.4 Å². The molecule has 0 bridgehead atoms. The second-order valence-corrected chi connectivity index (χ2v) is 4.70. The van der Waals surface area contributed by atoms with E-state index in [1.165, 1.54) is 4.90 Å². The predicted molar refractivity (Wildman–Crippen MR) is 73.4 cm³/mol. The van der Waals surface area contributed by atoms with Gasteiger partial charge in [-0.2, -0.15) is 0 Å². The molecule has 0 spiro atoms. The molecule has 0 aliphatic heterocycles. The molecule has 0 saturated carbocycles. The van der Waals surface area contributed by atoms with E-state index < -0.39 is 0 Å². The van der Waals surface area contributed by atoms with Crippen molar-refractivity contribution in [3.63, 3.8) is 0 Å². The summed E-state index contributed by atoms with van der Waals surface area (Å²) in [4.78, 5) is 24.2. The molecule has 19 heavy (non-hydrogen) atoms. The van der Waals surface area contributed by atoms with Gasteiger partial charge in [0.15, 0.2) is 6.61 Å². The standard InChI is InChI=1S/C13H17ClN2O3/c1-9-6-10(14)4-5-11(9)19-8-12(17)15-7-13(18)16(2)3/h4-6H,7-8H2,1-3H3,(H,15,17). The number of benzene rings is 1. The zero-order chi connectivity index (χ0) is 14.4. The van der Waals surface area contributed by atoms with E-state index >= 15 is 0 Å². The highest BCUT2D eigenvalue weighted by molar-refractivity contribution is 6.30. The molecule has 0 aliphatic rings. The number of carbonyl (C=O) groups excluding carboxylic acids is 2. The molecule has 5 nitrogen and oxygen atoms in total. The van der Waals surface area contributed by atoms with Gasteiger partial charge in [0, 0.05) is 19.1 Å². The summed E-state index contributed by atoms with van der Waals surface area (Å²) in [5, 5.41) is 3.10. The molecule has 0 atom stereocenters. The Bertz CT molecular complexity index is 475. The summed E-state index contributed by atoms with van der Waals surface area (Å²) in [6.45, 7) is 1.67. The maximum atomic E-state index is 11.5. The lowest BCUT2D eigenvalue weighted by molar-refractivity contribution is -0.131. The first-order valence-electron chi connectivity index (χ1n) is 5.76. The van der Waals surface area contributed by atoms with Gasteiger partial charge in [-0.15, -0.1) is 0 Å². The highest BCUT2D eigenvalue weighted by atomic mass is 35.5. The zero-order valence-electron chi connectivity index (χ0n) is 11.2. The second kappa shape index (κ2) is 6.99. The van der Waals surface area contributed by atoms with Crippen LogP contribution in [0.3, 0.4) is 0 Å². The van der Waals surface area contributed by atoms with E-state index in [-0.39, 0.29) is 25.0 Å². The maximum Gasteiger partial charge on any atom is 0.258 e. The van der Waals surface area contributed by atoms with Crippen LogP contribution in [0.1, 0.15) is 5.56 Å². The van der Waals surface area contributed by atoms with Crippen LogP contribution in [0.5, 0.6) is 5.75 Å². The molecule has 0 radical (unpaired) electrons. The lowest BCUT2D eigenvalue weighted by Crippen LogP contribution is -2.38. The molecular weight excluding hydrogens is 268 g/mol. The van der Waals surface area contributed by atoms with Crippen LogP contribution in [0.4, 0.5) is 0 Å². The highest BCUT2D eigenvalue weighted by Gasteiger charge is 2.08. The lowest BCUT2D eigenvalue weighted by Gasteiger charge is -2.12. The van der Waals surface area contributed by atoms with Gasteiger partial charge in [0.05, 0.1) is 6.54 Å². The number of rotatable bonds is 5. The molecule has 0 heterocycles. The van der Waals surface area contributed by atoms with Gasteiger partial charge in [-0.25, -0.2) is 0 Å². The van der Waals surface area contributed by atoms with Crippen LogP contribution in [-0.2, 0) is 9.59 Å². The van der Waals surface area contributed by atoms with Crippen molar-refractivity contribution in [2.75, 3.05) is 27.2 Å². The Morgan fingerprint density at radius 1 is 1.37 bits per heavy atom. The fourth-order valence-corrected chi connectivity index (χ4v) is 1.53. The summed E-state index contributed by atoms with van der Waals surface area (Å²) >= 11 is 5.82. The van der Waals surface area contributed by atoms with Gasteiger partial charge in [-0.1, -0.05) is 11.6 Å². The largest absolute Gasteiger partial charge is 0.484 e. The Morgan fingerprint density at radius 3 is 2.63 bits per heavy atom. The molecule has 104 valence electrons. The minimum absolute atomic E-state index is 0.0329. The minimum atomic E-state index is -0.343. The number of hydrogen-bond donors (Lipinski definition) is 1. The molecule has 2 amide bonds. The van der Waals surface area contributed by atoms with Crippen molar-refractivity contribution in [1.82, 2.24) is 10.2 Å². The molecule has 0 fully saturated rings. The highest BCUT2D eigenvalue weighted by Crippen LogP contribution is 2.21. The number of halogens is 1. The predicted octanol–water partition coefficient (Wildman–Crippen LogP) is 1.23. The van der Waals surface area contributed by atoms with Gasteiger partial charge < -0.3 is 15.0 Å². The third-order valence-electron chi connectivity index (χ3n) is 2.43. The average molecular weight is 285 g/mol. The second-order valence-electron chi connectivity index (χ2n) is 4.26. The van der Waals surface area contributed by atoms with Gasteiger partial charge in [-0.3, -0.25) is 9.59 Å².